The third-order valence-electron chi connectivity index (χ3n) is 2.70. The number of aliphatic carboxylic acids is 1. The van der Waals surface area contributed by atoms with Crippen LogP contribution >= 0.6 is 15.9 Å². The molecule has 0 aliphatic heterocycles. The Bertz CT molecular complexity index is 632. The van der Waals surface area contributed by atoms with Crippen LogP contribution in [-0.4, -0.2) is 20.6 Å². The Balaban J connectivity index is 2.36. The van der Waals surface area contributed by atoms with Crippen LogP contribution in [0.4, 0.5) is 0 Å². The van der Waals surface area contributed by atoms with Crippen molar-refractivity contribution in [2.75, 3.05) is 0 Å². The van der Waals surface area contributed by atoms with E-state index in [4.69, 9.17) is 5.11 Å². The van der Waals surface area contributed by atoms with Gasteiger partial charge in [0.05, 0.1) is 0 Å². The topological polar surface area (TPSA) is 55.1 Å². The van der Waals surface area contributed by atoms with Crippen molar-refractivity contribution in [1.29, 1.82) is 0 Å². The number of carbonyl (C=O) groups is 1. The van der Waals surface area contributed by atoms with E-state index in [9.17, 15) is 4.79 Å². The average molecular weight is 321 g/mol. The third-order valence-corrected chi connectivity index (χ3v) is 3.39. The van der Waals surface area contributed by atoms with Gasteiger partial charge in [-0.2, -0.15) is 0 Å². The number of imidazole rings is 1. The summed E-state index contributed by atoms with van der Waals surface area (Å²) in [4.78, 5) is 14.8. The minimum Gasteiger partial charge on any atom is -0.478 e. The zero-order valence-electron chi connectivity index (χ0n) is 10.4. The average Bonchev–Trinajstić information content (AvgIpc) is 2.85. The first-order chi connectivity index (χ1) is 9.11. The molecule has 0 aliphatic carbocycles. The molecular weight excluding hydrogens is 308 g/mol. The lowest BCUT2D eigenvalue weighted by molar-refractivity contribution is -0.131. The van der Waals surface area contributed by atoms with Crippen LogP contribution in [0.25, 0.3) is 11.8 Å². The molecular formula is C14H13BrN2O2. The van der Waals surface area contributed by atoms with Gasteiger partial charge in [-0.05, 0) is 23.8 Å². The summed E-state index contributed by atoms with van der Waals surface area (Å²) in [7, 11) is 0. The summed E-state index contributed by atoms with van der Waals surface area (Å²) < 4.78 is 2.85. The van der Waals surface area contributed by atoms with Gasteiger partial charge in [0.15, 0.2) is 0 Å². The SMILES string of the molecule is CCc1nccn1-c1ccc(/C=C/C(=O)O)c(Br)c1. The number of hydrogen-bond acceptors (Lipinski definition) is 2. The molecule has 98 valence electrons. The van der Waals surface area contributed by atoms with Gasteiger partial charge in [0.2, 0.25) is 0 Å². The predicted molar refractivity (Wildman–Crippen MR) is 77.3 cm³/mol. The number of carboxylic acids is 1. The molecule has 19 heavy (non-hydrogen) atoms. The molecule has 5 heteroatoms. The van der Waals surface area contributed by atoms with Gasteiger partial charge in [-0.25, -0.2) is 9.78 Å². The second kappa shape index (κ2) is 5.84. The van der Waals surface area contributed by atoms with Crippen LogP contribution < -0.4 is 0 Å². The normalized spacial score (nSPS) is 11.1. The Kier molecular flexibility index (Phi) is 4.16. The maximum atomic E-state index is 10.5. The molecule has 0 aliphatic rings. The van der Waals surface area contributed by atoms with Gasteiger partial charge in [0.25, 0.3) is 0 Å². The molecule has 0 atom stereocenters. The van der Waals surface area contributed by atoms with Crippen molar-refractivity contribution in [1.82, 2.24) is 9.55 Å². The molecule has 1 N–H and O–H groups in total. The molecule has 0 spiro atoms. The fourth-order valence-electron chi connectivity index (χ4n) is 1.79. The van der Waals surface area contributed by atoms with E-state index in [-0.39, 0.29) is 0 Å². The summed E-state index contributed by atoms with van der Waals surface area (Å²) in [6, 6.07) is 5.76. The van der Waals surface area contributed by atoms with Crippen molar-refractivity contribution in [3.05, 3.63) is 52.5 Å². The number of benzene rings is 1. The molecule has 0 amide bonds. The van der Waals surface area contributed by atoms with Crippen molar-refractivity contribution in [2.24, 2.45) is 0 Å². The van der Waals surface area contributed by atoms with E-state index in [0.29, 0.717) is 0 Å². The zero-order valence-corrected chi connectivity index (χ0v) is 12.0. The summed E-state index contributed by atoms with van der Waals surface area (Å²) in [5, 5.41) is 8.62. The highest BCUT2D eigenvalue weighted by Crippen LogP contribution is 2.23. The van der Waals surface area contributed by atoms with Gasteiger partial charge in [0, 0.05) is 35.1 Å². The monoisotopic (exact) mass is 320 g/mol. The molecule has 1 aromatic heterocycles. The minimum absolute atomic E-state index is 0.823. The van der Waals surface area contributed by atoms with Crippen LogP contribution in [0.3, 0.4) is 0 Å². The first-order valence-corrected chi connectivity index (χ1v) is 6.64. The quantitative estimate of drug-likeness (QED) is 0.879. The van der Waals surface area contributed by atoms with Gasteiger partial charge in [-0.15, -0.1) is 0 Å². The number of aromatic nitrogens is 2. The largest absolute Gasteiger partial charge is 0.478 e. The lowest BCUT2D eigenvalue weighted by Crippen LogP contribution is -1.99. The van der Waals surface area contributed by atoms with Crippen molar-refractivity contribution in [3.63, 3.8) is 0 Å². The Labute approximate surface area is 119 Å². The number of rotatable bonds is 4. The molecule has 0 saturated carbocycles. The Hall–Kier alpha value is -1.88. The second-order valence-corrected chi connectivity index (χ2v) is 4.80. The zero-order chi connectivity index (χ0) is 13.8. The minimum atomic E-state index is -0.959. The van der Waals surface area contributed by atoms with E-state index in [0.717, 1.165) is 34.0 Å². The summed E-state index contributed by atoms with van der Waals surface area (Å²) in [6.45, 7) is 2.05. The second-order valence-electron chi connectivity index (χ2n) is 3.94. The molecule has 2 aromatic rings. The highest BCUT2D eigenvalue weighted by atomic mass is 79.9. The highest BCUT2D eigenvalue weighted by molar-refractivity contribution is 9.10. The van der Waals surface area contributed by atoms with Crippen molar-refractivity contribution < 1.29 is 9.90 Å². The Morgan fingerprint density at radius 2 is 2.32 bits per heavy atom. The van der Waals surface area contributed by atoms with Gasteiger partial charge in [0.1, 0.15) is 5.82 Å². The van der Waals surface area contributed by atoms with E-state index >= 15 is 0 Å². The Morgan fingerprint density at radius 3 is 2.95 bits per heavy atom. The van der Waals surface area contributed by atoms with E-state index in [1.54, 1.807) is 12.3 Å². The van der Waals surface area contributed by atoms with Gasteiger partial charge >= 0.3 is 5.97 Å². The van der Waals surface area contributed by atoms with Crippen molar-refractivity contribution >= 4 is 28.0 Å². The maximum absolute atomic E-state index is 10.5. The lowest BCUT2D eigenvalue weighted by atomic mass is 10.2. The van der Waals surface area contributed by atoms with Crippen LogP contribution in [0, 0.1) is 0 Å². The molecule has 2 rings (SSSR count). The summed E-state index contributed by atoms with van der Waals surface area (Å²) in [5.41, 5.74) is 1.82. The van der Waals surface area contributed by atoms with Crippen LogP contribution in [0.15, 0.2) is 41.1 Å². The molecule has 0 saturated heterocycles. The first-order valence-electron chi connectivity index (χ1n) is 5.85. The number of carboxylic acid groups (broad SMARTS) is 1. The number of halogens is 1. The fraction of sp³-hybridized carbons (Fsp3) is 0.143. The van der Waals surface area contributed by atoms with E-state index < -0.39 is 5.97 Å². The van der Waals surface area contributed by atoms with Crippen LogP contribution in [0.2, 0.25) is 0 Å². The predicted octanol–water partition coefficient (Wildman–Crippen LogP) is 3.30. The third kappa shape index (κ3) is 3.12. The van der Waals surface area contributed by atoms with Crippen LogP contribution in [0.5, 0.6) is 0 Å². The van der Waals surface area contributed by atoms with Crippen LogP contribution in [0.1, 0.15) is 18.3 Å². The molecule has 4 nitrogen and oxygen atoms in total. The van der Waals surface area contributed by atoms with E-state index in [1.807, 2.05) is 29.0 Å². The van der Waals surface area contributed by atoms with Gasteiger partial charge in [-0.3, -0.25) is 0 Å². The van der Waals surface area contributed by atoms with Crippen molar-refractivity contribution in [3.8, 4) is 5.69 Å². The highest BCUT2D eigenvalue weighted by Gasteiger charge is 2.05. The molecule has 0 fully saturated rings. The fourth-order valence-corrected chi connectivity index (χ4v) is 2.29. The lowest BCUT2D eigenvalue weighted by Gasteiger charge is -2.08. The van der Waals surface area contributed by atoms with Crippen molar-refractivity contribution in [2.45, 2.75) is 13.3 Å². The van der Waals surface area contributed by atoms with Gasteiger partial charge < -0.3 is 9.67 Å². The molecule has 1 aromatic carbocycles. The summed E-state index contributed by atoms with van der Waals surface area (Å²) in [5.74, 6) is 0.0274. The summed E-state index contributed by atoms with van der Waals surface area (Å²) in [6.07, 6.45) is 7.21. The maximum Gasteiger partial charge on any atom is 0.328 e. The molecule has 1 heterocycles. The molecule has 0 unspecified atom stereocenters. The van der Waals surface area contributed by atoms with E-state index in [1.165, 1.54) is 0 Å². The van der Waals surface area contributed by atoms with Crippen LogP contribution in [-0.2, 0) is 11.2 Å². The molecule has 0 radical (unpaired) electrons. The first kappa shape index (κ1) is 13.5. The Morgan fingerprint density at radius 1 is 1.53 bits per heavy atom. The number of nitrogens with zero attached hydrogens (tertiary/aromatic N) is 2. The smallest absolute Gasteiger partial charge is 0.328 e. The number of hydrogen-bond donors (Lipinski definition) is 1. The standard InChI is InChI=1S/C14H13BrN2O2/c1-2-13-16-7-8-17(13)11-5-3-10(12(15)9-11)4-6-14(18)19/h3-9H,2H2,1H3,(H,18,19)/b6-4+. The molecule has 0 bridgehead atoms. The summed E-state index contributed by atoms with van der Waals surface area (Å²) >= 11 is 3.45. The number of aryl methyl sites for hydroxylation is 1. The van der Waals surface area contributed by atoms with Gasteiger partial charge in [-0.1, -0.05) is 28.9 Å². The van der Waals surface area contributed by atoms with E-state index in [2.05, 4.69) is 27.8 Å².